The first-order valence-corrected chi connectivity index (χ1v) is 11.8. The second-order valence-electron chi connectivity index (χ2n) is 8.89. The third-order valence-corrected chi connectivity index (χ3v) is 6.85. The smallest absolute Gasteiger partial charge is 0.257 e. The summed E-state index contributed by atoms with van der Waals surface area (Å²) in [6.45, 7) is 6.41. The van der Waals surface area contributed by atoms with Crippen molar-refractivity contribution in [2.75, 3.05) is 29.9 Å². The van der Waals surface area contributed by atoms with Crippen LogP contribution >= 0.6 is 12.2 Å². The van der Waals surface area contributed by atoms with E-state index in [9.17, 15) is 9.59 Å². The maximum atomic E-state index is 13.0. The van der Waals surface area contributed by atoms with Crippen LogP contribution in [0.5, 0.6) is 0 Å². The van der Waals surface area contributed by atoms with Gasteiger partial charge in [-0.2, -0.15) is 0 Å². The van der Waals surface area contributed by atoms with Gasteiger partial charge in [-0.15, -0.1) is 0 Å². The highest BCUT2D eigenvalue weighted by Crippen LogP contribution is 2.29. The van der Waals surface area contributed by atoms with Crippen LogP contribution in [0.25, 0.3) is 10.9 Å². The molecule has 1 amide bonds. The Hall–Kier alpha value is -3.26. The number of aromatic nitrogens is 2. The molecule has 8 heteroatoms. The summed E-state index contributed by atoms with van der Waals surface area (Å²) < 4.78 is 1.71. The molecular weight excluding hydrogens is 434 g/mol. The molecule has 2 aromatic carbocycles. The van der Waals surface area contributed by atoms with E-state index in [-0.39, 0.29) is 22.6 Å². The predicted octanol–water partition coefficient (Wildman–Crippen LogP) is 4.03. The van der Waals surface area contributed by atoms with Crippen LogP contribution in [0.4, 0.5) is 11.5 Å². The van der Waals surface area contributed by atoms with Crippen LogP contribution in [-0.2, 0) is 4.79 Å². The number of nitrogens with one attached hydrogen (secondary N) is 1. The Balaban J connectivity index is 1.23. The summed E-state index contributed by atoms with van der Waals surface area (Å²) in [5, 5.41) is 4.15. The second-order valence-corrected chi connectivity index (χ2v) is 9.26. The molecule has 2 aliphatic rings. The Morgan fingerprint density at radius 1 is 1.18 bits per heavy atom. The van der Waals surface area contributed by atoms with E-state index in [0.717, 1.165) is 17.4 Å². The molecule has 0 unspecified atom stereocenters. The molecule has 1 aromatic heterocycles. The zero-order valence-electron chi connectivity index (χ0n) is 18.8. The third-order valence-electron chi connectivity index (χ3n) is 6.58. The number of hydrogen-bond donors (Lipinski definition) is 1. The number of rotatable bonds is 4. The van der Waals surface area contributed by atoms with E-state index in [2.05, 4.69) is 53.3 Å². The predicted molar refractivity (Wildman–Crippen MR) is 132 cm³/mol. The van der Waals surface area contributed by atoms with Crippen molar-refractivity contribution in [1.29, 1.82) is 0 Å². The van der Waals surface area contributed by atoms with Gasteiger partial charge >= 0.3 is 0 Å². The highest BCUT2D eigenvalue weighted by atomic mass is 32.1. The van der Waals surface area contributed by atoms with E-state index in [4.69, 9.17) is 12.2 Å². The molecule has 0 bridgehead atoms. The average molecular weight is 462 g/mol. The minimum atomic E-state index is -0.478. The molecule has 1 N–H and O–H groups in total. The molecule has 2 atom stereocenters. The Morgan fingerprint density at radius 2 is 2.00 bits per heavy atom. The zero-order valence-corrected chi connectivity index (χ0v) is 19.6. The number of fused-ring (bicyclic) bond motifs is 3. The quantitative estimate of drug-likeness (QED) is 0.592. The molecule has 3 aromatic rings. The summed E-state index contributed by atoms with van der Waals surface area (Å²) in [7, 11) is 0. The summed E-state index contributed by atoms with van der Waals surface area (Å²) >= 11 is 5.36. The van der Waals surface area contributed by atoms with Crippen molar-refractivity contribution in [3.8, 4) is 0 Å². The van der Waals surface area contributed by atoms with Gasteiger partial charge in [0.15, 0.2) is 0 Å². The number of carbonyl (C=O) groups is 2. The second kappa shape index (κ2) is 8.59. The summed E-state index contributed by atoms with van der Waals surface area (Å²) in [6.07, 6.45) is 0.738. The largest absolute Gasteiger partial charge is 0.365 e. The van der Waals surface area contributed by atoms with Crippen molar-refractivity contribution in [3.05, 3.63) is 58.9 Å². The Morgan fingerprint density at radius 3 is 2.79 bits per heavy atom. The van der Waals surface area contributed by atoms with Crippen LogP contribution in [0.15, 0.2) is 48.5 Å². The topological polar surface area (TPSA) is 70.5 Å². The molecule has 1 saturated heterocycles. The molecule has 33 heavy (non-hydrogen) atoms. The molecular formula is C25H27N5O2S. The number of anilines is 2. The molecule has 1 fully saturated rings. The number of aryl methyl sites for hydroxylation is 1. The monoisotopic (exact) mass is 461 g/mol. The molecule has 0 saturated carbocycles. The summed E-state index contributed by atoms with van der Waals surface area (Å²) in [6, 6.07) is 15.8. The van der Waals surface area contributed by atoms with E-state index in [1.54, 1.807) is 0 Å². The molecule has 0 aliphatic carbocycles. The number of piperazine rings is 1. The number of para-hydroxylation sites is 1. The molecule has 170 valence electrons. The van der Waals surface area contributed by atoms with Crippen LogP contribution in [-0.4, -0.2) is 58.0 Å². The van der Waals surface area contributed by atoms with Crippen molar-refractivity contribution in [3.63, 3.8) is 0 Å². The fourth-order valence-corrected chi connectivity index (χ4v) is 5.15. The third kappa shape index (κ3) is 3.99. The molecule has 0 spiro atoms. The number of hydrogen-bond acceptors (Lipinski definition) is 6. The minimum absolute atomic E-state index is 0.0860. The van der Waals surface area contributed by atoms with E-state index < -0.39 is 6.04 Å². The maximum absolute atomic E-state index is 13.0. The van der Waals surface area contributed by atoms with Gasteiger partial charge in [-0.05, 0) is 62.3 Å². The lowest BCUT2D eigenvalue weighted by molar-refractivity contribution is -0.132. The highest BCUT2D eigenvalue weighted by molar-refractivity contribution is 7.71. The minimum Gasteiger partial charge on any atom is -0.365 e. The van der Waals surface area contributed by atoms with Crippen molar-refractivity contribution in [2.45, 2.75) is 38.8 Å². The van der Waals surface area contributed by atoms with Crippen molar-refractivity contribution in [1.82, 2.24) is 14.5 Å². The first-order valence-electron chi connectivity index (χ1n) is 11.4. The molecule has 3 heterocycles. The lowest BCUT2D eigenvalue weighted by Crippen LogP contribution is -2.53. The zero-order chi connectivity index (χ0) is 23.1. The highest BCUT2D eigenvalue weighted by Gasteiger charge is 2.33. The van der Waals surface area contributed by atoms with Gasteiger partial charge < -0.3 is 15.1 Å². The van der Waals surface area contributed by atoms with Crippen molar-refractivity contribution in [2.24, 2.45) is 0 Å². The molecule has 7 nitrogen and oxygen atoms in total. The van der Waals surface area contributed by atoms with Crippen LogP contribution in [0.3, 0.4) is 0 Å². The van der Waals surface area contributed by atoms with Gasteiger partial charge in [0.25, 0.3) is 5.91 Å². The van der Waals surface area contributed by atoms with E-state index >= 15 is 0 Å². The number of nitrogens with zero attached hydrogens (tertiary/aromatic N) is 4. The first kappa shape index (κ1) is 21.6. The summed E-state index contributed by atoms with van der Waals surface area (Å²) in [5.74, 6) is 0.620. The van der Waals surface area contributed by atoms with Gasteiger partial charge in [-0.1, -0.05) is 24.3 Å². The Labute approximate surface area is 198 Å². The Kier molecular flexibility index (Phi) is 5.62. The van der Waals surface area contributed by atoms with Crippen molar-refractivity contribution < 1.29 is 9.59 Å². The van der Waals surface area contributed by atoms with Gasteiger partial charge in [0, 0.05) is 43.2 Å². The number of carbonyl (C=O) groups excluding carboxylic acids is 2. The standard InChI is InChI=1S/C25H27N5O2S/c1-16-6-5-7-18(14-16)29-13-12-28(15-17(29)2)22(31)11-10-21-24(32)30-23(26-21)19-8-3-4-9-20(19)27-25(30)33/h3-9,14,17,21,26H,10-13,15H2,1-2H3/t17-,21-/m0/s1. The SMILES string of the molecule is Cc1cccc(N2CCN(C(=O)CC[C@@H]3Nc4c5ccccc5nc(=S)n4C3=O)C[C@@H]2C)c1. The molecule has 5 rings (SSSR count). The lowest BCUT2D eigenvalue weighted by Gasteiger charge is -2.41. The van der Waals surface area contributed by atoms with Gasteiger partial charge in [0.2, 0.25) is 10.7 Å². The Bertz CT molecular complexity index is 1300. The van der Waals surface area contributed by atoms with Gasteiger partial charge in [-0.25, -0.2) is 9.55 Å². The normalized spacial score (nSPS) is 20.1. The van der Waals surface area contributed by atoms with Gasteiger partial charge in [-0.3, -0.25) is 9.59 Å². The van der Waals surface area contributed by atoms with Gasteiger partial charge in [0.05, 0.1) is 5.52 Å². The van der Waals surface area contributed by atoms with Crippen LogP contribution in [0.1, 0.15) is 30.1 Å². The maximum Gasteiger partial charge on any atom is 0.257 e. The van der Waals surface area contributed by atoms with Crippen molar-refractivity contribution >= 4 is 46.4 Å². The average Bonchev–Trinajstić information content (AvgIpc) is 3.14. The first-order chi connectivity index (χ1) is 15.9. The molecule has 0 radical (unpaired) electrons. The van der Waals surface area contributed by atoms with E-state index in [1.165, 1.54) is 15.8 Å². The number of benzene rings is 2. The molecule has 2 aliphatic heterocycles. The summed E-state index contributed by atoms with van der Waals surface area (Å²) in [4.78, 5) is 34.6. The number of amides is 1. The van der Waals surface area contributed by atoms with Gasteiger partial charge in [0.1, 0.15) is 11.9 Å². The lowest BCUT2D eigenvalue weighted by atomic mass is 10.1. The van der Waals surface area contributed by atoms with Crippen LogP contribution in [0, 0.1) is 11.7 Å². The fourth-order valence-electron chi connectivity index (χ4n) is 4.87. The van der Waals surface area contributed by atoms with E-state index in [0.29, 0.717) is 31.7 Å². The van der Waals surface area contributed by atoms with Crippen LogP contribution < -0.4 is 10.2 Å². The van der Waals surface area contributed by atoms with E-state index in [1.807, 2.05) is 29.2 Å². The fraction of sp³-hybridized carbons (Fsp3) is 0.360. The van der Waals surface area contributed by atoms with Crippen LogP contribution in [0.2, 0.25) is 0 Å². The summed E-state index contributed by atoms with van der Waals surface area (Å²) in [5.41, 5.74) is 3.19.